The molecule has 0 saturated carbocycles. The van der Waals surface area contributed by atoms with Crippen molar-refractivity contribution in [2.24, 2.45) is 0 Å². The van der Waals surface area contributed by atoms with Gasteiger partial charge in [-0.15, -0.1) is 12.4 Å². The van der Waals surface area contributed by atoms with Crippen LogP contribution in [0.25, 0.3) is 22.2 Å². The smallest absolute Gasteiger partial charge is 0.234 e. The molecule has 0 atom stereocenters. The molecule has 8 nitrogen and oxygen atoms in total. The lowest BCUT2D eigenvalue weighted by molar-refractivity contribution is 0.432. The number of aromatic hydroxyl groups is 1. The fraction of sp³-hybridized carbons (Fsp3) is 0.280. The number of H-pyrrole nitrogens is 1. The van der Waals surface area contributed by atoms with E-state index in [1.54, 1.807) is 32.2 Å². The third-order valence-electron chi connectivity index (χ3n) is 5.96. The molecule has 192 valence electrons. The van der Waals surface area contributed by atoms with Gasteiger partial charge in [-0.25, -0.2) is 17.8 Å². The first-order valence-corrected chi connectivity index (χ1v) is 13.1. The van der Waals surface area contributed by atoms with Crippen LogP contribution in [0, 0.1) is 5.82 Å². The maximum absolute atomic E-state index is 14.2. The molecule has 4 rings (SSSR count). The fourth-order valence-corrected chi connectivity index (χ4v) is 5.29. The Balaban J connectivity index is 0.00000361. The highest BCUT2D eigenvalue weighted by molar-refractivity contribution is 7.92. The second kappa shape index (κ2) is 11.1. The van der Waals surface area contributed by atoms with Crippen LogP contribution < -0.4 is 9.62 Å². The van der Waals surface area contributed by atoms with Crippen LogP contribution in [0.1, 0.15) is 31.9 Å². The summed E-state index contributed by atoms with van der Waals surface area (Å²) in [6.45, 7) is 5.98. The Morgan fingerprint density at radius 1 is 1.11 bits per heavy atom. The Labute approximate surface area is 216 Å². The maximum atomic E-state index is 14.2. The van der Waals surface area contributed by atoms with E-state index in [0.717, 1.165) is 16.5 Å². The number of nitrogens with one attached hydrogen (secondary N) is 2. The van der Waals surface area contributed by atoms with Crippen LogP contribution in [0.4, 0.5) is 15.9 Å². The molecule has 0 unspecified atom stereocenters. The third kappa shape index (κ3) is 5.24. The Morgan fingerprint density at radius 3 is 2.56 bits per heavy atom. The molecule has 4 aromatic rings. The normalized spacial score (nSPS) is 11.3. The van der Waals surface area contributed by atoms with E-state index < -0.39 is 21.6 Å². The monoisotopic (exact) mass is 533 g/mol. The molecule has 11 heteroatoms. The second-order valence-corrected chi connectivity index (χ2v) is 10.2. The van der Waals surface area contributed by atoms with Gasteiger partial charge in [0.2, 0.25) is 10.0 Å². The van der Waals surface area contributed by atoms with E-state index in [9.17, 15) is 17.9 Å². The van der Waals surface area contributed by atoms with Gasteiger partial charge >= 0.3 is 0 Å². The molecule has 0 fully saturated rings. The van der Waals surface area contributed by atoms with E-state index >= 15 is 0 Å². The van der Waals surface area contributed by atoms with Crippen LogP contribution in [-0.2, 0) is 23.0 Å². The molecule has 0 radical (unpaired) electrons. The average molecular weight is 534 g/mol. The summed E-state index contributed by atoms with van der Waals surface area (Å²) in [7, 11) is -3.43. The summed E-state index contributed by atoms with van der Waals surface area (Å²) in [4.78, 5) is 4.75. The van der Waals surface area contributed by atoms with Crippen LogP contribution >= 0.6 is 12.4 Å². The number of phenolic OH excluding ortho intramolecular Hbond substituents is 1. The Hall–Kier alpha value is -3.37. The lowest BCUT2D eigenvalue weighted by Crippen LogP contribution is -2.33. The number of aromatic nitrogens is 3. The number of para-hydroxylation sites is 1. The number of pyridine rings is 1. The van der Waals surface area contributed by atoms with Crippen molar-refractivity contribution in [3.63, 3.8) is 0 Å². The molecular weight excluding hydrogens is 505 g/mol. The fourth-order valence-electron chi connectivity index (χ4n) is 4.11. The molecule has 2 aromatic heterocycles. The van der Waals surface area contributed by atoms with Crippen LogP contribution in [0.2, 0.25) is 0 Å². The molecule has 0 aliphatic heterocycles. The van der Waals surface area contributed by atoms with Crippen LogP contribution in [0.3, 0.4) is 0 Å². The van der Waals surface area contributed by atoms with Crippen molar-refractivity contribution in [2.45, 2.75) is 33.7 Å². The van der Waals surface area contributed by atoms with Gasteiger partial charge in [0.05, 0.1) is 34.2 Å². The SMILES string of the molecule is CCc1cc(O)c(F)cc1-c1cc2[nH]ncc2c(NCc2ccccc2N(CC)S(=O)(=O)CC)n1.Cl. The molecule has 0 bridgehead atoms. The molecule has 2 aromatic carbocycles. The number of aromatic amines is 1. The number of anilines is 2. The number of benzene rings is 2. The third-order valence-corrected chi connectivity index (χ3v) is 7.82. The van der Waals surface area contributed by atoms with Crippen molar-refractivity contribution in [2.75, 3.05) is 21.9 Å². The zero-order valence-electron chi connectivity index (χ0n) is 20.2. The molecule has 3 N–H and O–H groups in total. The van der Waals surface area contributed by atoms with Crippen LogP contribution in [0.5, 0.6) is 5.75 Å². The van der Waals surface area contributed by atoms with Gasteiger partial charge in [0.1, 0.15) is 5.82 Å². The predicted molar refractivity (Wildman–Crippen MR) is 144 cm³/mol. The van der Waals surface area contributed by atoms with Gasteiger partial charge in [-0.3, -0.25) is 9.40 Å². The van der Waals surface area contributed by atoms with Gasteiger partial charge in [-0.1, -0.05) is 25.1 Å². The first-order valence-electron chi connectivity index (χ1n) is 11.5. The van der Waals surface area contributed by atoms with Crippen molar-refractivity contribution in [1.29, 1.82) is 0 Å². The highest BCUT2D eigenvalue weighted by atomic mass is 35.5. The van der Waals surface area contributed by atoms with E-state index in [1.165, 1.54) is 16.4 Å². The van der Waals surface area contributed by atoms with Gasteiger partial charge in [0.15, 0.2) is 11.6 Å². The quantitative estimate of drug-likeness (QED) is 0.271. The highest BCUT2D eigenvalue weighted by Crippen LogP contribution is 2.33. The Morgan fingerprint density at radius 2 is 1.86 bits per heavy atom. The maximum Gasteiger partial charge on any atom is 0.234 e. The molecule has 0 saturated heterocycles. The lowest BCUT2D eigenvalue weighted by atomic mass is 10.0. The van der Waals surface area contributed by atoms with E-state index in [2.05, 4.69) is 15.5 Å². The Kier molecular flexibility index (Phi) is 8.42. The zero-order valence-corrected chi connectivity index (χ0v) is 21.9. The highest BCUT2D eigenvalue weighted by Gasteiger charge is 2.21. The van der Waals surface area contributed by atoms with Crippen molar-refractivity contribution in [3.8, 4) is 17.0 Å². The lowest BCUT2D eigenvalue weighted by Gasteiger charge is -2.25. The van der Waals surface area contributed by atoms with Gasteiger partial charge in [0.25, 0.3) is 0 Å². The van der Waals surface area contributed by atoms with Crippen molar-refractivity contribution in [3.05, 3.63) is 65.6 Å². The minimum absolute atomic E-state index is 0. The minimum atomic E-state index is -3.43. The standard InChI is InChI=1S/C25H28FN5O3S.ClH/c1-4-16-11-24(32)20(26)12-18(16)21-13-22-19(15-28-30-22)25(29-21)27-14-17-9-7-8-10-23(17)31(5-2)35(33,34)6-3;/h7-13,15,32H,4-6,14H2,1-3H3,(H,27,29)(H,28,30);1H. The summed E-state index contributed by atoms with van der Waals surface area (Å²) >= 11 is 0. The van der Waals surface area contributed by atoms with E-state index in [0.29, 0.717) is 47.8 Å². The number of hydrogen-bond donors (Lipinski definition) is 3. The first kappa shape index (κ1) is 27.2. The number of fused-ring (bicyclic) bond motifs is 1. The predicted octanol–water partition coefficient (Wildman–Crippen LogP) is 5.24. The Bertz CT molecular complexity index is 1480. The first-order chi connectivity index (χ1) is 16.8. The number of rotatable bonds is 9. The van der Waals surface area contributed by atoms with E-state index in [1.807, 2.05) is 25.1 Å². The van der Waals surface area contributed by atoms with Gasteiger partial charge in [-0.2, -0.15) is 5.10 Å². The minimum Gasteiger partial charge on any atom is -0.505 e. The molecular formula is C25H29ClFN5O3S. The number of aryl methyl sites for hydroxylation is 1. The van der Waals surface area contributed by atoms with Crippen molar-refractivity contribution in [1.82, 2.24) is 15.2 Å². The second-order valence-electron chi connectivity index (χ2n) is 8.05. The van der Waals surface area contributed by atoms with Crippen LogP contribution in [-0.4, -0.2) is 41.0 Å². The largest absolute Gasteiger partial charge is 0.505 e. The molecule has 0 aliphatic rings. The number of phenols is 1. The van der Waals surface area contributed by atoms with Crippen molar-refractivity contribution >= 4 is 44.8 Å². The van der Waals surface area contributed by atoms with Crippen molar-refractivity contribution < 1.29 is 17.9 Å². The molecule has 36 heavy (non-hydrogen) atoms. The molecule has 0 aliphatic carbocycles. The van der Waals surface area contributed by atoms with E-state index in [4.69, 9.17) is 4.98 Å². The number of hydrogen-bond acceptors (Lipinski definition) is 6. The average Bonchev–Trinajstić information content (AvgIpc) is 3.34. The van der Waals surface area contributed by atoms with E-state index in [-0.39, 0.29) is 18.2 Å². The number of nitrogens with zero attached hydrogens (tertiary/aromatic N) is 3. The summed E-state index contributed by atoms with van der Waals surface area (Å²) in [6.07, 6.45) is 2.24. The number of halogens is 2. The zero-order chi connectivity index (χ0) is 25.2. The summed E-state index contributed by atoms with van der Waals surface area (Å²) in [6, 6.07) is 11.8. The van der Waals surface area contributed by atoms with Gasteiger partial charge in [0, 0.05) is 18.7 Å². The summed E-state index contributed by atoms with van der Waals surface area (Å²) < 4.78 is 40.9. The van der Waals surface area contributed by atoms with Crippen LogP contribution in [0.15, 0.2) is 48.7 Å². The van der Waals surface area contributed by atoms with Gasteiger partial charge in [-0.05, 0) is 55.7 Å². The molecule has 0 amide bonds. The summed E-state index contributed by atoms with van der Waals surface area (Å²) in [5, 5.41) is 20.9. The topological polar surface area (TPSA) is 111 Å². The molecule has 2 heterocycles. The summed E-state index contributed by atoms with van der Waals surface area (Å²) in [5.74, 6) is -0.585. The molecule has 0 spiro atoms. The summed E-state index contributed by atoms with van der Waals surface area (Å²) in [5.41, 5.74) is 3.98. The van der Waals surface area contributed by atoms with Gasteiger partial charge < -0.3 is 10.4 Å². The number of sulfonamides is 1.